The minimum atomic E-state index is 0.456. The van der Waals surface area contributed by atoms with Crippen LogP contribution in [0.4, 0.5) is 0 Å². The van der Waals surface area contributed by atoms with Gasteiger partial charge in [-0.15, -0.1) is 0 Å². The molecule has 0 bridgehead atoms. The van der Waals surface area contributed by atoms with Gasteiger partial charge in [0.2, 0.25) is 0 Å². The second-order valence-electron chi connectivity index (χ2n) is 7.15. The van der Waals surface area contributed by atoms with Crippen LogP contribution in [0.2, 0.25) is 0 Å². The molecule has 0 saturated heterocycles. The molecule has 0 radical (unpaired) electrons. The maximum Gasteiger partial charge on any atom is 0.00966 e. The van der Waals surface area contributed by atoms with E-state index in [0.29, 0.717) is 5.41 Å². The average molecular weight is 252 g/mol. The summed E-state index contributed by atoms with van der Waals surface area (Å²) in [7, 11) is 0. The molecule has 0 unspecified atom stereocenters. The SMILES string of the molecule is CC(C)CCN(CC1(CN)CCCCC1)C1CC1. The fourth-order valence-corrected chi connectivity index (χ4v) is 3.41. The number of rotatable bonds is 7. The van der Waals surface area contributed by atoms with Gasteiger partial charge in [-0.25, -0.2) is 0 Å². The molecule has 2 rings (SSSR count). The van der Waals surface area contributed by atoms with Crippen LogP contribution >= 0.6 is 0 Å². The van der Waals surface area contributed by atoms with Gasteiger partial charge in [0.05, 0.1) is 0 Å². The zero-order valence-electron chi connectivity index (χ0n) is 12.5. The molecule has 0 aromatic carbocycles. The highest BCUT2D eigenvalue weighted by atomic mass is 15.2. The molecule has 2 heteroatoms. The van der Waals surface area contributed by atoms with E-state index in [1.807, 2.05) is 0 Å². The highest BCUT2D eigenvalue weighted by Gasteiger charge is 2.37. The van der Waals surface area contributed by atoms with E-state index >= 15 is 0 Å². The largest absolute Gasteiger partial charge is 0.330 e. The molecule has 2 fully saturated rings. The first-order valence-electron chi connectivity index (χ1n) is 8.09. The molecule has 0 aliphatic heterocycles. The topological polar surface area (TPSA) is 29.3 Å². The predicted molar refractivity (Wildman–Crippen MR) is 78.6 cm³/mol. The van der Waals surface area contributed by atoms with Crippen molar-refractivity contribution in [3.05, 3.63) is 0 Å². The summed E-state index contributed by atoms with van der Waals surface area (Å²) < 4.78 is 0. The lowest BCUT2D eigenvalue weighted by molar-refractivity contribution is 0.102. The Hall–Kier alpha value is -0.0800. The average Bonchev–Trinajstić information content (AvgIpc) is 3.20. The summed E-state index contributed by atoms with van der Waals surface area (Å²) in [6.07, 6.45) is 11.2. The summed E-state index contributed by atoms with van der Waals surface area (Å²) in [5.41, 5.74) is 6.59. The van der Waals surface area contributed by atoms with E-state index in [1.54, 1.807) is 0 Å². The van der Waals surface area contributed by atoms with Gasteiger partial charge in [-0.05, 0) is 56.5 Å². The first-order valence-corrected chi connectivity index (χ1v) is 8.09. The molecule has 2 N–H and O–H groups in total. The zero-order valence-corrected chi connectivity index (χ0v) is 12.5. The van der Waals surface area contributed by atoms with Crippen molar-refractivity contribution in [1.29, 1.82) is 0 Å². The van der Waals surface area contributed by atoms with Gasteiger partial charge < -0.3 is 5.73 Å². The van der Waals surface area contributed by atoms with E-state index < -0.39 is 0 Å². The van der Waals surface area contributed by atoms with Crippen LogP contribution in [-0.4, -0.2) is 30.6 Å². The molecular weight excluding hydrogens is 220 g/mol. The zero-order chi connectivity index (χ0) is 13.0. The Kier molecular flexibility index (Phi) is 5.08. The van der Waals surface area contributed by atoms with Crippen molar-refractivity contribution >= 4 is 0 Å². The van der Waals surface area contributed by atoms with Gasteiger partial charge in [-0.2, -0.15) is 0 Å². The van der Waals surface area contributed by atoms with E-state index in [2.05, 4.69) is 18.7 Å². The van der Waals surface area contributed by atoms with E-state index in [4.69, 9.17) is 5.73 Å². The molecular formula is C16H32N2. The number of hydrogen-bond donors (Lipinski definition) is 1. The van der Waals surface area contributed by atoms with E-state index in [0.717, 1.165) is 18.5 Å². The van der Waals surface area contributed by atoms with Crippen molar-refractivity contribution in [3.63, 3.8) is 0 Å². The quantitative estimate of drug-likeness (QED) is 0.752. The molecule has 2 nitrogen and oxygen atoms in total. The third kappa shape index (κ3) is 3.96. The van der Waals surface area contributed by atoms with Crippen LogP contribution in [0.1, 0.15) is 65.2 Å². The fraction of sp³-hybridized carbons (Fsp3) is 1.00. The Morgan fingerprint density at radius 3 is 2.33 bits per heavy atom. The second kappa shape index (κ2) is 6.38. The van der Waals surface area contributed by atoms with Crippen molar-refractivity contribution < 1.29 is 0 Å². The molecule has 2 aliphatic carbocycles. The molecule has 2 saturated carbocycles. The molecule has 18 heavy (non-hydrogen) atoms. The van der Waals surface area contributed by atoms with Crippen LogP contribution in [-0.2, 0) is 0 Å². The van der Waals surface area contributed by atoms with Gasteiger partial charge in [-0.3, -0.25) is 4.90 Å². The van der Waals surface area contributed by atoms with E-state index in [1.165, 1.54) is 64.5 Å². The lowest BCUT2D eigenvalue weighted by Gasteiger charge is -2.41. The Morgan fingerprint density at radius 2 is 1.83 bits per heavy atom. The molecule has 106 valence electrons. The monoisotopic (exact) mass is 252 g/mol. The normalized spacial score (nSPS) is 23.8. The van der Waals surface area contributed by atoms with Crippen molar-refractivity contribution in [3.8, 4) is 0 Å². The summed E-state index contributed by atoms with van der Waals surface area (Å²) in [5, 5.41) is 0. The molecule has 0 amide bonds. The summed E-state index contributed by atoms with van der Waals surface area (Å²) >= 11 is 0. The summed E-state index contributed by atoms with van der Waals surface area (Å²) in [6.45, 7) is 8.15. The molecule has 0 spiro atoms. The predicted octanol–water partition coefficient (Wildman–Crippen LogP) is 3.41. The third-order valence-electron chi connectivity index (χ3n) is 4.94. The maximum atomic E-state index is 6.14. The van der Waals surface area contributed by atoms with Crippen molar-refractivity contribution in [2.24, 2.45) is 17.1 Å². The van der Waals surface area contributed by atoms with Crippen LogP contribution in [0.15, 0.2) is 0 Å². The van der Waals surface area contributed by atoms with E-state index in [9.17, 15) is 0 Å². The Labute approximate surface area is 113 Å². The van der Waals surface area contributed by atoms with Gasteiger partial charge in [0.25, 0.3) is 0 Å². The first kappa shape index (κ1) is 14.3. The summed E-state index contributed by atoms with van der Waals surface area (Å²) in [4.78, 5) is 2.78. The summed E-state index contributed by atoms with van der Waals surface area (Å²) in [6, 6.07) is 0.897. The van der Waals surface area contributed by atoms with Crippen molar-refractivity contribution in [2.45, 2.75) is 71.3 Å². The highest BCUT2D eigenvalue weighted by molar-refractivity contribution is 4.92. The van der Waals surface area contributed by atoms with Gasteiger partial charge in [-0.1, -0.05) is 33.1 Å². The van der Waals surface area contributed by atoms with Crippen LogP contribution in [0.5, 0.6) is 0 Å². The van der Waals surface area contributed by atoms with Crippen molar-refractivity contribution in [1.82, 2.24) is 4.90 Å². The molecule has 0 aromatic rings. The highest BCUT2D eigenvalue weighted by Crippen LogP contribution is 2.39. The molecule has 0 atom stereocenters. The van der Waals surface area contributed by atoms with Gasteiger partial charge in [0.1, 0.15) is 0 Å². The minimum absolute atomic E-state index is 0.456. The smallest absolute Gasteiger partial charge is 0.00966 e. The Morgan fingerprint density at radius 1 is 1.17 bits per heavy atom. The standard InChI is InChI=1S/C16H32N2/c1-14(2)8-11-18(15-6-7-15)13-16(12-17)9-4-3-5-10-16/h14-15H,3-13,17H2,1-2H3. The molecule has 2 aliphatic rings. The van der Waals surface area contributed by atoms with Crippen LogP contribution in [0.3, 0.4) is 0 Å². The maximum absolute atomic E-state index is 6.14. The fourth-order valence-electron chi connectivity index (χ4n) is 3.41. The summed E-state index contributed by atoms with van der Waals surface area (Å²) in [5.74, 6) is 0.825. The van der Waals surface area contributed by atoms with Gasteiger partial charge in [0.15, 0.2) is 0 Å². The van der Waals surface area contributed by atoms with Crippen LogP contribution in [0, 0.1) is 11.3 Å². The second-order valence-corrected chi connectivity index (χ2v) is 7.15. The Bertz CT molecular complexity index is 239. The number of nitrogens with zero attached hydrogens (tertiary/aromatic N) is 1. The lowest BCUT2D eigenvalue weighted by Crippen LogP contribution is -2.45. The number of nitrogens with two attached hydrogens (primary N) is 1. The van der Waals surface area contributed by atoms with Crippen LogP contribution < -0.4 is 5.73 Å². The third-order valence-corrected chi connectivity index (χ3v) is 4.94. The van der Waals surface area contributed by atoms with Crippen molar-refractivity contribution in [2.75, 3.05) is 19.6 Å². The first-order chi connectivity index (χ1) is 8.65. The Balaban J connectivity index is 1.89. The molecule has 0 heterocycles. The van der Waals surface area contributed by atoms with Gasteiger partial charge in [0, 0.05) is 12.6 Å². The lowest BCUT2D eigenvalue weighted by atomic mass is 9.73. The van der Waals surface area contributed by atoms with E-state index in [-0.39, 0.29) is 0 Å². The molecule has 0 aromatic heterocycles. The number of hydrogen-bond acceptors (Lipinski definition) is 2. The van der Waals surface area contributed by atoms with Crippen LogP contribution in [0.25, 0.3) is 0 Å². The van der Waals surface area contributed by atoms with Gasteiger partial charge >= 0.3 is 0 Å². The minimum Gasteiger partial charge on any atom is -0.330 e.